The normalized spacial score (nSPS) is 11.0. The Balaban J connectivity index is 2.16. The first-order valence-corrected chi connectivity index (χ1v) is 5.77. The van der Waals surface area contributed by atoms with Crippen molar-refractivity contribution in [1.29, 1.82) is 0 Å². The van der Waals surface area contributed by atoms with Gasteiger partial charge in [0.05, 0.1) is 5.56 Å². The molecule has 2 aromatic rings. The minimum absolute atomic E-state index is 0.159. The van der Waals surface area contributed by atoms with Gasteiger partial charge in [0, 0.05) is 6.42 Å². The standard InChI is InChI=1S/C13H16N2O2/c1-9(2)7-8-12-14-13(17-15-12)10-5-3-4-6-11(10)16/h3-6,9,16H,7-8H2,1-2H3. The Kier molecular flexibility index (Phi) is 3.42. The summed E-state index contributed by atoms with van der Waals surface area (Å²) in [6.45, 7) is 4.31. The molecule has 0 amide bonds. The van der Waals surface area contributed by atoms with E-state index in [0.29, 0.717) is 23.2 Å². The Morgan fingerprint density at radius 3 is 2.76 bits per heavy atom. The molecule has 0 aliphatic rings. The fraction of sp³-hybridized carbons (Fsp3) is 0.385. The van der Waals surface area contributed by atoms with Crippen LogP contribution in [0.5, 0.6) is 5.75 Å². The molecule has 1 N–H and O–H groups in total. The second-order valence-electron chi connectivity index (χ2n) is 4.47. The van der Waals surface area contributed by atoms with Crippen LogP contribution in [0.25, 0.3) is 11.5 Å². The molecule has 0 aliphatic carbocycles. The SMILES string of the molecule is CC(C)CCc1noc(-c2ccccc2O)n1. The molecule has 17 heavy (non-hydrogen) atoms. The first-order valence-electron chi connectivity index (χ1n) is 5.77. The molecular formula is C13H16N2O2. The predicted octanol–water partition coefficient (Wildman–Crippen LogP) is 3.03. The van der Waals surface area contributed by atoms with Crippen LogP contribution in [0.4, 0.5) is 0 Å². The number of phenolic OH excluding ortho intramolecular Hbond substituents is 1. The average Bonchev–Trinajstić information content (AvgIpc) is 2.75. The zero-order valence-corrected chi connectivity index (χ0v) is 10.1. The summed E-state index contributed by atoms with van der Waals surface area (Å²) in [5.74, 6) is 1.84. The minimum atomic E-state index is 0.159. The van der Waals surface area contributed by atoms with Gasteiger partial charge in [0.1, 0.15) is 5.75 Å². The molecule has 90 valence electrons. The topological polar surface area (TPSA) is 59.2 Å². The molecule has 0 saturated heterocycles. The molecule has 1 heterocycles. The van der Waals surface area contributed by atoms with Gasteiger partial charge in [-0.25, -0.2) is 0 Å². The first kappa shape index (κ1) is 11.6. The van der Waals surface area contributed by atoms with Crippen molar-refractivity contribution in [3.05, 3.63) is 30.1 Å². The van der Waals surface area contributed by atoms with Gasteiger partial charge in [-0.15, -0.1) is 0 Å². The maximum Gasteiger partial charge on any atom is 0.261 e. The smallest absolute Gasteiger partial charge is 0.261 e. The zero-order valence-electron chi connectivity index (χ0n) is 10.1. The molecule has 4 heteroatoms. The van der Waals surface area contributed by atoms with Gasteiger partial charge >= 0.3 is 0 Å². The molecule has 0 fully saturated rings. The molecule has 2 rings (SSSR count). The van der Waals surface area contributed by atoms with E-state index >= 15 is 0 Å². The highest BCUT2D eigenvalue weighted by molar-refractivity contribution is 5.61. The van der Waals surface area contributed by atoms with Crippen molar-refractivity contribution in [3.8, 4) is 17.2 Å². The van der Waals surface area contributed by atoms with Gasteiger partial charge < -0.3 is 9.63 Å². The molecule has 0 radical (unpaired) electrons. The van der Waals surface area contributed by atoms with Gasteiger partial charge in [-0.05, 0) is 24.5 Å². The first-order chi connectivity index (χ1) is 8.16. The lowest BCUT2D eigenvalue weighted by Gasteiger charge is -1.99. The molecule has 0 unspecified atom stereocenters. The third-order valence-corrected chi connectivity index (χ3v) is 2.55. The molecule has 1 aromatic heterocycles. The monoisotopic (exact) mass is 232 g/mol. The highest BCUT2D eigenvalue weighted by Gasteiger charge is 2.12. The third-order valence-electron chi connectivity index (χ3n) is 2.55. The minimum Gasteiger partial charge on any atom is -0.507 e. The fourth-order valence-corrected chi connectivity index (χ4v) is 1.54. The van der Waals surface area contributed by atoms with Crippen molar-refractivity contribution in [2.45, 2.75) is 26.7 Å². The maximum atomic E-state index is 9.66. The van der Waals surface area contributed by atoms with Crippen LogP contribution in [-0.2, 0) is 6.42 Å². The van der Waals surface area contributed by atoms with E-state index in [-0.39, 0.29) is 5.75 Å². The van der Waals surface area contributed by atoms with Crippen LogP contribution in [0.15, 0.2) is 28.8 Å². The molecule has 0 spiro atoms. The van der Waals surface area contributed by atoms with Crippen molar-refractivity contribution < 1.29 is 9.63 Å². The van der Waals surface area contributed by atoms with E-state index < -0.39 is 0 Å². The second-order valence-corrected chi connectivity index (χ2v) is 4.47. The van der Waals surface area contributed by atoms with Crippen LogP contribution >= 0.6 is 0 Å². The number of aryl methyl sites for hydroxylation is 1. The van der Waals surface area contributed by atoms with E-state index in [1.165, 1.54) is 0 Å². The highest BCUT2D eigenvalue weighted by Crippen LogP contribution is 2.27. The van der Waals surface area contributed by atoms with Crippen LogP contribution in [0.1, 0.15) is 26.1 Å². The summed E-state index contributed by atoms with van der Waals surface area (Å²) in [4.78, 5) is 4.28. The number of nitrogens with zero attached hydrogens (tertiary/aromatic N) is 2. The highest BCUT2D eigenvalue weighted by atomic mass is 16.5. The molecule has 4 nitrogen and oxygen atoms in total. The quantitative estimate of drug-likeness (QED) is 0.880. The maximum absolute atomic E-state index is 9.66. The summed E-state index contributed by atoms with van der Waals surface area (Å²) in [5, 5.41) is 13.6. The van der Waals surface area contributed by atoms with Gasteiger partial charge in [0.15, 0.2) is 5.82 Å². The number of aromatic nitrogens is 2. The van der Waals surface area contributed by atoms with E-state index in [4.69, 9.17) is 4.52 Å². The molecule has 0 bridgehead atoms. The van der Waals surface area contributed by atoms with E-state index in [9.17, 15) is 5.11 Å². The number of hydrogen-bond donors (Lipinski definition) is 1. The van der Waals surface area contributed by atoms with Crippen LogP contribution in [0.2, 0.25) is 0 Å². The van der Waals surface area contributed by atoms with Crippen molar-refractivity contribution >= 4 is 0 Å². The Morgan fingerprint density at radius 1 is 1.29 bits per heavy atom. The summed E-state index contributed by atoms with van der Waals surface area (Å²) >= 11 is 0. The van der Waals surface area contributed by atoms with Gasteiger partial charge in [0.2, 0.25) is 0 Å². The Morgan fingerprint density at radius 2 is 2.06 bits per heavy atom. The van der Waals surface area contributed by atoms with Crippen molar-refractivity contribution in [1.82, 2.24) is 10.1 Å². The summed E-state index contributed by atoms with van der Waals surface area (Å²) in [6, 6.07) is 6.95. The molecule has 0 aliphatic heterocycles. The molecule has 1 aromatic carbocycles. The van der Waals surface area contributed by atoms with Crippen molar-refractivity contribution in [2.24, 2.45) is 5.92 Å². The third kappa shape index (κ3) is 2.84. The average molecular weight is 232 g/mol. The number of hydrogen-bond acceptors (Lipinski definition) is 4. The Hall–Kier alpha value is -1.84. The van der Waals surface area contributed by atoms with Crippen LogP contribution in [-0.4, -0.2) is 15.2 Å². The number of rotatable bonds is 4. The van der Waals surface area contributed by atoms with E-state index in [1.54, 1.807) is 18.2 Å². The fourth-order valence-electron chi connectivity index (χ4n) is 1.54. The summed E-state index contributed by atoms with van der Waals surface area (Å²) in [7, 11) is 0. The number of benzene rings is 1. The van der Waals surface area contributed by atoms with Crippen molar-refractivity contribution in [3.63, 3.8) is 0 Å². The number of para-hydroxylation sites is 1. The Bertz CT molecular complexity index is 492. The van der Waals surface area contributed by atoms with Gasteiger partial charge in [-0.3, -0.25) is 0 Å². The van der Waals surface area contributed by atoms with Crippen LogP contribution in [0.3, 0.4) is 0 Å². The number of phenols is 1. The summed E-state index contributed by atoms with van der Waals surface area (Å²) in [5.41, 5.74) is 0.579. The lowest BCUT2D eigenvalue weighted by molar-refractivity contribution is 0.414. The lowest BCUT2D eigenvalue weighted by atomic mass is 10.1. The van der Waals surface area contributed by atoms with Crippen LogP contribution in [0, 0.1) is 5.92 Å². The van der Waals surface area contributed by atoms with E-state index in [0.717, 1.165) is 12.8 Å². The van der Waals surface area contributed by atoms with Gasteiger partial charge in [0.25, 0.3) is 5.89 Å². The van der Waals surface area contributed by atoms with E-state index in [2.05, 4.69) is 24.0 Å². The van der Waals surface area contributed by atoms with Gasteiger partial charge in [-0.2, -0.15) is 4.98 Å². The molecule has 0 atom stereocenters. The van der Waals surface area contributed by atoms with Crippen LogP contribution < -0.4 is 0 Å². The summed E-state index contributed by atoms with van der Waals surface area (Å²) < 4.78 is 5.14. The second kappa shape index (κ2) is 4.99. The van der Waals surface area contributed by atoms with Gasteiger partial charge in [-0.1, -0.05) is 31.1 Å². The lowest BCUT2D eigenvalue weighted by Crippen LogP contribution is -1.93. The number of aromatic hydroxyl groups is 1. The largest absolute Gasteiger partial charge is 0.507 e. The predicted molar refractivity (Wildman–Crippen MR) is 64.6 cm³/mol. The molecular weight excluding hydrogens is 216 g/mol. The molecule has 0 saturated carbocycles. The Labute approximate surface area is 100 Å². The summed E-state index contributed by atoms with van der Waals surface area (Å²) in [6.07, 6.45) is 1.83. The zero-order chi connectivity index (χ0) is 12.3. The van der Waals surface area contributed by atoms with E-state index in [1.807, 2.05) is 6.07 Å². The van der Waals surface area contributed by atoms with Crippen molar-refractivity contribution in [2.75, 3.05) is 0 Å².